The van der Waals surface area contributed by atoms with Crippen molar-refractivity contribution in [2.24, 2.45) is 0 Å². The van der Waals surface area contributed by atoms with Crippen LogP contribution in [0.5, 0.6) is 0 Å². The first kappa shape index (κ1) is 13.1. The zero-order valence-corrected chi connectivity index (χ0v) is 10.4. The molecule has 1 aromatic rings. The molecule has 3 nitrogen and oxygen atoms in total. The topological polar surface area (TPSA) is 40.5 Å². The highest BCUT2D eigenvalue weighted by atomic mass is 35.5. The van der Waals surface area contributed by atoms with Crippen LogP contribution in [0.2, 0.25) is 5.02 Å². The molecular formula is C11H13Cl2NO2. The molecule has 88 valence electrons. The number of halogens is 2. The van der Waals surface area contributed by atoms with Gasteiger partial charge in [-0.1, -0.05) is 17.7 Å². The lowest BCUT2D eigenvalue weighted by molar-refractivity contribution is 0.199. The molecule has 0 radical (unpaired) electrons. The van der Waals surface area contributed by atoms with E-state index < -0.39 is 6.09 Å². The van der Waals surface area contributed by atoms with E-state index in [0.717, 1.165) is 0 Å². The quantitative estimate of drug-likeness (QED) is 0.837. The van der Waals surface area contributed by atoms with Crippen molar-refractivity contribution in [1.82, 2.24) is 0 Å². The van der Waals surface area contributed by atoms with E-state index in [-0.39, 0.29) is 6.04 Å². The van der Waals surface area contributed by atoms with Crippen molar-refractivity contribution in [3.63, 3.8) is 0 Å². The van der Waals surface area contributed by atoms with Gasteiger partial charge in [-0.05, 0) is 31.5 Å². The molecule has 1 unspecified atom stereocenters. The second-order valence-corrected chi connectivity index (χ2v) is 4.27. The van der Waals surface area contributed by atoms with Gasteiger partial charge >= 0.3 is 6.09 Å². The molecular weight excluding hydrogens is 249 g/mol. The van der Waals surface area contributed by atoms with Gasteiger partial charge in [0.05, 0.1) is 0 Å². The molecule has 16 heavy (non-hydrogen) atoms. The van der Waals surface area contributed by atoms with Crippen LogP contribution in [0.1, 0.15) is 13.3 Å². The van der Waals surface area contributed by atoms with Crippen LogP contribution < -0.4 is 4.90 Å². The maximum atomic E-state index is 11.2. The second kappa shape index (κ2) is 5.97. The number of carbonyl (C=O) groups is 1. The molecule has 0 aromatic heterocycles. The maximum Gasteiger partial charge on any atom is 0.412 e. The number of anilines is 1. The third-order valence-electron chi connectivity index (χ3n) is 2.26. The normalized spacial score (nSPS) is 12.2. The van der Waals surface area contributed by atoms with Crippen molar-refractivity contribution < 1.29 is 9.90 Å². The molecule has 1 amide bonds. The van der Waals surface area contributed by atoms with Crippen LogP contribution in [0, 0.1) is 0 Å². The predicted octanol–water partition coefficient (Wildman–Crippen LogP) is 3.84. The standard InChI is InChI=1S/C11H13Cl2NO2/c1-8(5-6-12)14(11(15)16)10-4-2-3-9(13)7-10/h2-4,7-8H,5-6H2,1H3,(H,15,16). The Hall–Kier alpha value is -0.930. The number of hydrogen-bond donors (Lipinski definition) is 1. The van der Waals surface area contributed by atoms with Crippen molar-refractivity contribution in [2.45, 2.75) is 19.4 Å². The molecule has 1 atom stereocenters. The van der Waals surface area contributed by atoms with Crippen LogP contribution in [0.15, 0.2) is 24.3 Å². The molecule has 0 bridgehead atoms. The summed E-state index contributed by atoms with van der Waals surface area (Å²) in [5.74, 6) is 0.422. The van der Waals surface area contributed by atoms with Crippen LogP contribution in [0.3, 0.4) is 0 Å². The molecule has 0 spiro atoms. The minimum atomic E-state index is -1.00. The number of rotatable bonds is 4. The number of amides is 1. The molecule has 0 aliphatic rings. The molecule has 0 heterocycles. The molecule has 0 saturated heterocycles. The highest BCUT2D eigenvalue weighted by Gasteiger charge is 2.20. The van der Waals surface area contributed by atoms with Gasteiger partial charge in [-0.15, -0.1) is 11.6 Å². The summed E-state index contributed by atoms with van der Waals surface area (Å²) in [6.07, 6.45) is -0.403. The van der Waals surface area contributed by atoms with E-state index >= 15 is 0 Å². The lowest BCUT2D eigenvalue weighted by Crippen LogP contribution is -2.37. The summed E-state index contributed by atoms with van der Waals surface area (Å²) < 4.78 is 0. The number of alkyl halides is 1. The Bertz CT molecular complexity index is 371. The van der Waals surface area contributed by atoms with Crippen LogP contribution in [0.4, 0.5) is 10.5 Å². The third-order valence-corrected chi connectivity index (χ3v) is 2.71. The summed E-state index contributed by atoms with van der Waals surface area (Å²) in [6.45, 7) is 1.82. The third kappa shape index (κ3) is 3.29. The zero-order valence-electron chi connectivity index (χ0n) is 8.86. The fraction of sp³-hybridized carbons (Fsp3) is 0.364. The summed E-state index contributed by atoms with van der Waals surface area (Å²) in [5, 5.41) is 9.67. The SMILES string of the molecule is CC(CCCl)N(C(=O)O)c1cccc(Cl)c1. The van der Waals surface area contributed by atoms with Gasteiger partial charge in [0.1, 0.15) is 0 Å². The lowest BCUT2D eigenvalue weighted by atomic mass is 10.2. The van der Waals surface area contributed by atoms with Crippen molar-refractivity contribution >= 4 is 35.0 Å². The largest absolute Gasteiger partial charge is 0.465 e. The fourth-order valence-electron chi connectivity index (χ4n) is 1.47. The Morgan fingerprint density at radius 3 is 2.75 bits per heavy atom. The van der Waals surface area contributed by atoms with Gasteiger partial charge in [0.25, 0.3) is 0 Å². The Morgan fingerprint density at radius 1 is 1.56 bits per heavy atom. The van der Waals surface area contributed by atoms with E-state index in [0.29, 0.717) is 23.0 Å². The Balaban J connectivity index is 2.98. The van der Waals surface area contributed by atoms with Crippen LogP contribution in [0.25, 0.3) is 0 Å². The minimum Gasteiger partial charge on any atom is -0.465 e. The van der Waals surface area contributed by atoms with Gasteiger partial charge in [0, 0.05) is 22.6 Å². The molecule has 1 rings (SSSR count). The van der Waals surface area contributed by atoms with Crippen molar-refractivity contribution in [2.75, 3.05) is 10.8 Å². The van der Waals surface area contributed by atoms with Crippen LogP contribution >= 0.6 is 23.2 Å². The summed E-state index contributed by atoms with van der Waals surface area (Å²) in [7, 11) is 0. The Labute approximate surface area is 105 Å². The lowest BCUT2D eigenvalue weighted by Gasteiger charge is -2.26. The number of hydrogen-bond acceptors (Lipinski definition) is 1. The second-order valence-electron chi connectivity index (χ2n) is 3.46. The first-order valence-corrected chi connectivity index (χ1v) is 5.81. The van der Waals surface area contributed by atoms with E-state index in [1.165, 1.54) is 4.90 Å². The minimum absolute atomic E-state index is 0.173. The summed E-state index contributed by atoms with van der Waals surface area (Å²) >= 11 is 11.4. The van der Waals surface area contributed by atoms with E-state index in [1.54, 1.807) is 24.3 Å². The zero-order chi connectivity index (χ0) is 12.1. The van der Waals surface area contributed by atoms with Crippen LogP contribution in [-0.2, 0) is 0 Å². The molecule has 1 aromatic carbocycles. The van der Waals surface area contributed by atoms with Gasteiger partial charge in [-0.2, -0.15) is 0 Å². The summed E-state index contributed by atoms with van der Waals surface area (Å²) in [6, 6.07) is 6.59. The molecule has 0 saturated carbocycles. The summed E-state index contributed by atoms with van der Waals surface area (Å²) in [4.78, 5) is 12.4. The predicted molar refractivity (Wildman–Crippen MR) is 66.8 cm³/mol. The van der Waals surface area contributed by atoms with Gasteiger partial charge in [0.2, 0.25) is 0 Å². The maximum absolute atomic E-state index is 11.2. The molecule has 0 fully saturated rings. The average Bonchev–Trinajstić information content (AvgIpc) is 2.17. The van der Waals surface area contributed by atoms with Gasteiger partial charge in [-0.3, -0.25) is 4.90 Å². The van der Waals surface area contributed by atoms with Crippen molar-refractivity contribution in [3.05, 3.63) is 29.3 Å². The number of carboxylic acid groups (broad SMARTS) is 1. The fourth-order valence-corrected chi connectivity index (χ4v) is 1.97. The van der Waals surface area contributed by atoms with Crippen molar-refractivity contribution in [1.29, 1.82) is 0 Å². The van der Waals surface area contributed by atoms with E-state index in [1.807, 2.05) is 6.92 Å². The molecule has 0 aliphatic heterocycles. The van der Waals surface area contributed by atoms with Crippen LogP contribution in [-0.4, -0.2) is 23.1 Å². The smallest absolute Gasteiger partial charge is 0.412 e. The number of benzene rings is 1. The van der Waals surface area contributed by atoms with Crippen molar-refractivity contribution in [3.8, 4) is 0 Å². The monoisotopic (exact) mass is 261 g/mol. The number of nitrogens with zero attached hydrogens (tertiary/aromatic N) is 1. The first-order chi connectivity index (χ1) is 7.56. The van der Waals surface area contributed by atoms with E-state index in [4.69, 9.17) is 28.3 Å². The highest BCUT2D eigenvalue weighted by molar-refractivity contribution is 6.30. The highest BCUT2D eigenvalue weighted by Crippen LogP contribution is 2.22. The molecule has 0 aliphatic carbocycles. The Morgan fingerprint density at radius 2 is 2.25 bits per heavy atom. The van der Waals surface area contributed by atoms with Gasteiger partial charge in [-0.25, -0.2) is 4.79 Å². The van der Waals surface area contributed by atoms with E-state index in [9.17, 15) is 4.79 Å². The van der Waals surface area contributed by atoms with E-state index in [2.05, 4.69) is 0 Å². The van der Waals surface area contributed by atoms with Gasteiger partial charge in [0.15, 0.2) is 0 Å². The molecule has 5 heteroatoms. The summed E-state index contributed by atoms with van der Waals surface area (Å²) in [5.41, 5.74) is 0.567. The Kier molecular flexibility index (Phi) is 4.90. The first-order valence-electron chi connectivity index (χ1n) is 4.90. The average molecular weight is 262 g/mol. The molecule has 1 N–H and O–H groups in total. The van der Waals surface area contributed by atoms with Gasteiger partial charge < -0.3 is 5.11 Å².